The van der Waals surface area contributed by atoms with Gasteiger partial charge < -0.3 is 0 Å². The molecule has 1 heteroatoms. The molecule has 2 aromatic rings. The summed E-state index contributed by atoms with van der Waals surface area (Å²) < 4.78 is 0. The lowest BCUT2D eigenvalue weighted by Gasteiger charge is -2.01. The van der Waals surface area contributed by atoms with Gasteiger partial charge in [0.2, 0.25) is 0 Å². The minimum atomic E-state index is 1.09. The maximum atomic E-state index is 4.40. The first-order valence-electron chi connectivity index (χ1n) is 4.10. The molecule has 0 saturated heterocycles. The van der Waals surface area contributed by atoms with Crippen LogP contribution in [0.15, 0.2) is 30.3 Å². The Kier molecular flexibility index (Phi) is 1.58. The molecule has 1 nitrogen and oxygen atoms in total. The molecule has 0 aliphatic heterocycles. The Morgan fingerprint density at radius 2 is 1.83 bits per heavy atom. The van der Waals surface area contributed by atoms with Crippen molar-refractivity contribution in [1.82, 2.24) is 4.98 Å². The number of hydrogen-bond acceptors (Lipinski definition) is 1. The van der Waals surface area contributed by atoms with Gasteiger partial charge in [-0.05, 0) is 25.3 Å². The van der Waals surface area contributed by atoms with E-state index in [1.165, 1.54) is 10.8 Å². The number of fused-ring (bicyclic) bond motifs is 1. The molecule has 0 atom stereocenters. The van der Waals surface area contributed by atoms with Crippen LogP contribution in [0.4, 0.5) is 0 Å². The number of benzene rings is 1. The van der Waals surface area contributed by atoms with Gasteiger partial charge in [0.25, 0.3) is 0 Å². The van der Waals surface area contributed by atoms with Crippen LogP contribution in [0.1, 0.15) is 11.4 Å². The second-order valence-electron chi connectivity index (χ2n) is 3.07. The molecule has 0 amide bonds. The summed E-state index contributed by atoms with van der Waals surface area (Å²) >= 11 is 0. The third-order valence-corrected chi connectivity index (χ3v) is 2.06. The van der Waals surface area contributed by atoms with E-state index >= 15 is 0 Å². The summed E-state index contributed by atoms with van der Waals surface area (Å²) in [4.78, 5) is 4.40. The van der Waals surface area contributed by atoms with Crippen molar-refractivity contribution in [1.29, 1.82) is 0 Å². The Hall–Kier alpha value is -1.37. The van der Waals surface area contributed by atoms with E-state index in [9.17, 15) is 0 Å². The second kappa shape index (κ2) is 2.59. The molecular weight excluding hydrogens is 146 g/mol. The summed E-state index contributed by atoms with van der Waals surface area (Å²) in [7, 11) is 0. The van der Waals surface area contributed by atoms with E-state index in [1.54, 1.807) is 0 Å². The smallest absolute Gasteiger partial charge is 0.0454 e. The van der Waals surface area contributed by atoms with E-state index in [-0.39, 0.29) is 0 Å². The zero-order valence-electron chi connectivity index (χ0n) is 7.33. The van der Waals surface area contributed by atoms with Crippen molar-refractivity contribution in [3.8, 4) is 0 Å². The van der Waals surface area contributed by atoms with Crippen molar-refractivity contribution in [3.63, 3.8) is 0 Å². The fraction of sp³-hybridized carbons (Fsp3) is 0.182. The molecule has 0 fully saturated rings. The minimum absolute atomic E-state index is 1.09. The van der Waals surface area contributed by atoms with Crippen molar-refractivity contribution < 1.29 is 0 Å². The number of aromatic nitrogens is 1. The lowest BCUT2D eigenvalue weighted by Crippen LogP contribution is -1.86. The monoisotopic (exact) mass is 157 g/mol. The summed E-state index contributed by atoms with van der Waals surface area (Å²) in [5, 5.41) is 2.53. The number of aryl methyl sites for hydroxylation is 2. The molecule has 0 saturated carbocycles. The van der Waals surface area contributed by atoms with Crippen LogP contribution in [-0.4, -0.2) is 4.98 Å². The van der Waals surface area contributed by atoms with Crippen LogP contribution in [0.2, 0.25) is 0 Å². The normalized spacial score (nSPS) is 10.5. The van der Waals surface area contributed by atoms with Gasteiger partial charge >= 0.3 is 0 Å². The van der Waals surface area contributed by atoms with Crippen molar-refractivity contribution >= 4 is 10.8 Å². The SMILES string of the molecule is Cc1cc2ccccc2c(C)n1. The van der Waals surface area contributed by atoms with E-state index in [0.29, 0.717) is 0 Å². The van der Waals surface area contributed by atoms with Gasteiger partial charge in [-0.15, -0.1) is 0 Å². The lowest BCUT2D eigenvalue weighted by molar-refractivity contribution is 1.15. The number of pyridine rings is 1. The predicted octanol–water partition coefficient (Wildman–Crippen LogP) is 2.85. The molecule has 12 heavy (non-hydrogen) atoms. The van der Waals surface area contributed by atoms with E-state index in [0.717, 1.165) is 11.4 Å². The van der Waals surface area contributed by atoms with Gasteiger partial charge in [0.15, 0.2) is 0 Å². The molecular formula is C11H11N. The van der Waals surface area contributed by atoms with Crippen LogP contribution in [-0.2, 0) is 0 Å². The average molecular weight is 157 g/mol. The molecule has 0 radical (unpaired) electrons. The summed E-state index contributed by atoms with van der Waals surface area (Å²) in [6.45, 7) is 4.08. The Balaban J connectivity index is 2.89. The quantitative estimate of drug-likeness (QED) is 0.573. The number of hydrogen-bond donors (Lipinski definition) is 0. The molecule has 0 N–H and O–H groups in total. The minimum Gasteiger partial charge on any atom is -0.258 e. The van der Waals surface area contributed by atoms with E-state index in [1.807, 2.05) is 13.0 Å². The van der Waals surface area contributed by atoms with Crippen molar-refractivity contribution in [2.45, 2.75) is 13.8 Å². The van der Waals surface area contributed by atoms with E-state index in [4.69, 9.17) is 0 Å². The van der Waals surface area contributed by atoms with Crippen LogP contribution in [0.5, 0.6) is 0 Å². The summed E-state index contributed by atoms with van der Waals surface area (Å²) in [6.07, 6.45) is 0. The average Bonchev–Trinajstić information content (AvgIpc) is 2.04. The number of rotatable bonds is 0. The van der Waals surface area contributed by atoms with Crippen LogP contribution in [0.3, 0.4) is 0 Å². The van der Waals surface area contributed by atoms with Gasteiger partial charge in [0.05, 0.1) is 0 Å². The first-order valence-corrected chi connectivity index (χ1v) is 4.10. The van der Waals surface area contributed by atoms with Gasteiger partial charge in [-0.25, -0.2) is 0 Å². The maximum Gasteiger partial charge on any atom is 0.0454 e. The van der Waals surface area contributed by atoms with Crippen LogP contribution in [0, 0.1) is 13.8 Å². The molecule has 0 aliphatic rings. The molecule has 0 aliphatic carbocycles. The van der Waals surface area contributed by atoms with E-state index in [2.05, 4.69) is 36.2 Å². The van der Waals surface area contributed by atoms with Gasteiger partial charge in [-0.1, -0.05) is 24.3 Å². The fourth-order valence-electron chi connectivity index (χ4n) is 1.53. The molecule has 60 valence electrons. The van der Waals surface area contributed by atoms with Crippen LogP contribution < -0.4 is 0 Å². The zero-order chi connectivity index (χ0) is 8.55. The number of nitrogens with zero attached hydrogens (tertiary/aromatic N) is 1. The summed E-state index contributed by atoms with van der Waals surface area (Å²) in [5.41, 5.74) is 2.21. The van der Waals surface area contributed by atoms with Gasteiger partial charge in [-0.2, -0.15) is 0 Å². The first-order chi connectivity index (χ1) is 5.77. The third kappa shape index (κ3) is 1.07. The highest BCUT2D eigenvalue weighted by atomic mass is 14.7. The Morgan fingerprint density at radius 3 is 2.67 bits per heavy atom. The van der Waals surface area contributed by atoms with Crippen molar-refractivity contribution in [2.75, 3.05) is 0 Å². The summed E-state index contributed by atoms with van der Waals surface area (Å²) in [6, 6.07) is 10.4. The van der Waals surface area contributed by atoms with Crippen LogP contribution >= 0.6 is 0 Å². The topological polar surface area (TPSA) is 12.9 Å². The van der Waals surface area contributed by atoms with E-state index < -0.39 is 0 Å². The standard InChI is InChI=1S/C11H11N/c1-8-7-10-5-3-4-6-11(10)9(2)12-8/h3-7H,1-2H3. The molecule has 0 unspecified atom stereocenters. The Morgan fingerprint density at radius 1 is 1.08 bits per heavy atom. The molecule has 1 aromatic carbocycles. The van der Waals surface area contributed by atoms with Gasteiger partial charge in [0, 0.05) is 16.8 Å². The molecule has 1 aromatic heterocycles. The zero-order valence-corrected chi connectivity index (χ0v) is 7.33. The second-order valence-corrected chi connectivity index (χ2v) is 3.07. The molecule has 0 bridgehead atoms. The molecule has 0 spiro atoms. The highest BCUT2D eigenvalue weighted by molar-refractivity contribution is 5.84. The largest absolute Gasteiger partial charge is 0.258 e. The Bertz CT molecular complexity index is 418. The molecule has 2 rings (SSSR count). The van der Waals surface area contributed by atoms with Gasteiger partial charge in [-0.3, -0.25) is 4.98 Å². The third-order valence-electron chi connectivity index (χ3n) is 2.06. The van der Waals surface area contributed by atoms with Gasteiger partial charge in [0.1, 0.15) is 0 Å². The highest BCUT2D eigenvalue weighted by Gasteiger charge is 1.97. The summed E-state index contributed by atoms with van der Waals surface area (Å²) in [5.74, 6) is 0. The predicted molar refractivity (Wildman–Crippen MR) is 51.2 cm³/mol. The molecule has 1 heterocycles. The highest BCUT2D eigenvalue weighted by Crippen LogP contribution is 2.16. The van der Waals surface area contributed by atoms with Crippen molar-refractivity contribution in [2.24, 2.45) is 0 Å². The fourth-order valence-corrected chi connectivity index (χ4v) is 1.53. The first kappa shape index (κ1) is 7.29. The lowest BCUT2D eigenvalue weighted by atomic mass is 10.1. The Labute approximate surface area is 72.1 Å². The maximum absolute atomic E-state index is 4.40. The van der Waals surface area contributed by atoms with Crippen LogP contribution in [0.25, 0.3) is 10.8 Å². The van der Waals surface area contributed by atoms with Crippen molar-refractivity contribution in [3.05, 3.63) is 41.7 Å².